The van der Waals surface area contributed by atoms with Crippen molar-refractivity contribution in [2.24, 2.45) is 0 Å². The molecule has 1 amide bonds. The molecule has 1 aromatic carbocycles. The van der Waals surface area contributed by atoms with Crippen molar-refractivity contribution in [1.29, 1.82) is 0 Å². The largest absolute Gasteiger partial charge is 0.324 e. The quantitative estimate of drug-likeness (QED) is 0.777. The minimum absolute atomic E-state index is 0.0213. The first kappa shape index (κ1) is 19.5. The summed E-state index contributed by atoms with van der Waals surface area (Å²) in [7, 11) is -3.17. The molecule has 2 rings (SSSR count). The van der Waals surface area contributed by atoms with Gasteiger partial charge in [0.25, 0.3) is 0 Å². The summed E-state index contributed by atoms with van der Waals surface area (Å²) in [5, 5.41) is 3.55. The Bertz CT molecular complexity index is 669. The first-order valence-electron chi connectivity index (χ1n) is 7.68. The molecule has 24 heavy (non-hydrogen) atoms. The van der Waals surface area contributed by atoms with E-state index in [0.29, 0.717) is 28.7 Å². The van der Waals surface area contributed by atoms with Crippen LogP contribution >= 0.6 is 23.2 Å². The molecule has 1 fully saturated rings. The summed E-state index contributed by atoms with van der Waals surface area (Å²) < 4.78 is 25.1. The second-order valence-electron chi connectivity index (χ2n) is 5.90. The molecule has 0 aliphatic carbocycles. The monoisotopic (exact) mass is 393 g/mol. The summed E-state index contributed by atoms with van der Waals surface area (Å²) in [4.78, 5) is 14.2. The van der Waals surface area contributed by atoms with Crippen molar-refractivity contribution in [2.75, 3.05) is 31.2 Å². The summed E-state index contributed by atoms with van der Waals surface area (Å²) >= 11 is 12.1. The van der Waals surface area contributed by atoms with Crippen molar-refractivity contribution in [3.63, 3.8) is 0 Å². The van der Waals surface area contributed by atoms with Crippen molar-refractivity contribution in [3.05, 3.63) is 28.2 Å². The van der Waals surface area contributed by atoms with Crippen LogP contribution in [0, 0.1) is 0 Å². The van der Waals surface area contributed by atoms with Gasteiger partial charge in [-0.2, -0.15) is 0 Å². The fourth-order valence-electron chi connectivity index (χ4n) is 2.66. The molecule has 6 nitrogen and oxygen atoms in total. The highest BCUT2D eigenvalue weighted by Gasteiger charge is 2.22. The number of carbonyl (C=O) groups is 1. The molecule has 0 radical (unpaired) electrons. The molecular formula is C15H21Cl2N3O3S. The van der Waals surface area contributed by atoms with E-state index in [0.717, 1.165) is 25.9 Å². The lowest BCUT2D eigenvalue weighted by atomic mass is 10.1. The Morgan fingerprint density at radius 2 is 1.83 bits per heavy atom. The average Bonchev–Trinajstić information content (AvgIpc) is 2.49. The molecule has 134 valence electrons. The Morgan fingerprint density at radius 3 is 2.38 bits per heavy atom. The van der Waals surface area contributed by atoms with Gasteiger partial charge in [-0.3, -0.25) is 4.79 Å². The summed E-state index contributed by atoms with van der Waals surface area (Å²) in [6.45, 7) is 2.13. The second-order valence-corrected chi connectivity index (χ2v) is 8.50. The lowest BCUT2D eigenvalue weighted by molar-refractivity contribution is -0.116. The smallest absolute Gasteiger partial charge is 0.225 e. The second kappa shape index (κ2) is 8.49. The van der Waals surface area contributed by atoms with Crippen molar-refractivity contribution < 1.29 is 13.2 Å². The van der Waals surface area contributed by atoms with E-state index in [1.165, 1.54) is 6.26 Å². The number of para-hydroxylation sites is 1. The Labute approximate surface area is 152 Å². The van der Waals surface area contributed by atoms with Crippen LogP contribution in [0.1, 0.15) is 19.3 Å². The van der Waals surface area contributed by atoms with Gasteiger partial charge in [-0.15, -0.1) is 0 Å². The Hall–Kier alpha value is -0.860. The number of halogens is 2. The third kappa shape index (κ3) is 6.22. The number of amides is 1. The highest BCUT2D eigenvalue weighted by Crippen LogP contribution is 2.29. The minimum atomic E-state index is -3.17. The SMILES string of the molecule is CS(=O)(=O)NC1CCN(CCC(=O)Nc2c(Cl)cccc2Cl)CC1. The van der Waals surface area contributed by atoms with E-state index in [1.807, 2.05) is 0 Å². The zero-order valence-corrected chi connectivity index (χ0v) is 15.7. The molecule has 0 bridgehead atoms. The van der Waals surface area contributed by atoms with Crippen molar-refractivity contribution in [2.45, 2.75) is 25.3 Å². The molecular weight excluding hydrogens is 373 g/mol. The molecule has 0 aromatic heterocycles. The topological polar surface area (TPSA) is 78.5 Å². The molecule has 1 aliphatic heterocycles. The predicted molar refractivity (Wildman–Crippen MR) is 97.2 cm³/mol. The van der Waals surface area contributed by atoms with Crippen LogP contribution < -0.4 is 10.0 Å². The summed E-state index contributed by atoms with van der Waals surface area (Å²) in [5.74, 6) is -0.151. The molecule has 0 atom stereocenters. The maximum absolute atomic E-state index is 12.1. The molecule has 1 heterocycles. The van der Waals surface area contributed by atoms with Gasteiger partial charge in [0.1, 0.15) is 0 Å². The van der Waals surface area contributed by atoms with Crippen LogP contribution in [0.5, 0.6) is 0 Å². The van der Waals surface area contributed by atoms with Gasteiger partial charge in [-0.25, -0.2) is 13.1 Å². The molecule has 1 aliphatic rings. The average molecular weight is 394 g/mol. The first-order chi connectivity index (χ1) is 11.2. The number of nitrogens with zero attached hydrogens (tertiary/aromatic N) is 1. The van der Waals surface area contributed by atoms with E-state index < -0.39 is 10.0 Å². The van der Waals surface area contributed by atoms with Crippen LogP contribution in [-0.4, -0.2) is 51.2 Å². The van der Waals surface area contributed by atoms with Crippen molar-refractivity contribution in [1.82, 2.24) is 9.62 Å². The third-order valence-corrected chi connectivity index (χ3v) is 5.24. The number of piperidine rings is 1. The molecule has 9 heteroatoms. The fraction of sp³-hybridized carbons (Fsp3) is 0.533. The molecule has 2 N–H and O–H groups in total. The van der Waals surface area contributed by atoms with Gasteiger partial charge in [0.05, 0.1) is 22.0 Å². The summed E-state index contributed by atoms with van der Waals surface area (Å²) in [5.41, 5.74) is 0.432. The van der Waals surface area contributed by atoms with Gasteiger partial charge in [-0.05, 0) is 38.1 Å². The number of benzene rings is 1. The molecule has 1 saturated heterocycles. The standard InChI is InChI=1S/C15H21Cl2N3O3S/c1-24(22,23)19-11-5-8-20(9-6-11)10-7-14(21)18-15-12(16)3-2-4-13(15)17/h2-4,11,19H,5-10H2,1H3,(H,18,21). The lowest BCUT2D eigenvalue weighted by Gasteiger charge is -2.31. The van der Waals surface area contributed by atoms with Crippen LogP contribution in [0.25, 0.3) is 0 Å². The predicted octanol–water partition coefficient (Wildman–Crippen LogP) is 2.34. The highest BCUT2D eigenvalue weighted by atomic mass is 35.5. The van der Waals surface area contributed by atoms with E-state index in [9.17, 15) is 13.2 Å². The Morgan fingerprint density at radius 1 is 1.25 bits per heavy atom. The number of rotatable bonds is 6. The van der Waals surface area contributed by atoms with E-state index in [-0.39, 0.29) is 11.9 Å². The normalized spacial score (nSPS) is 17.0. The van der Waals surface area contributed by atoms with Gasteiger partial charge in [0.15, 0.2) is 0 Å². The highest BCUT2D eigenvalue weighted by molar-refractivity contribution is 7.88. The van der Waals surface area contributed by atoms with Crippen LogP contribution in [0.2, 0.25) is 10.0 Å². The van der Waals surface area contributed by atoms with Gasteiger partial charge >= 0.3 is 0 Å². The fourth-order valence-corrected chi connectivity index (χ4v) is 3.99. The van der Waals surface area contributed by atoms with Gasteiger partial charge in [0.2, 0.25) is 15.9 Å². The summed E-state index contributed by atoms with van der Waals surface area (Å²) in [6.07, 6.45) is 2.98. The number of likely N-dealkylation sites (tertiary alicyclic amines) is 1. The van der Waals surface area contributed by atoms with Crippen molar-refractivity contribution >= 4 is 44.8 Å². The van der Waals surface area contributed by atoms with E-state index in [4.69, 9.17) is 23.2 Å². The zero-order valence-electron chi connectivity index (χ0n) is 13.4. The van der Waals surface area contributed by atoms with Gasteiger partial charge < -0.3 is 10.2 Å². The number of carbonyl (C=O) groups excluding carboxylic acids is 1. The van der Waals surface area contributed by atoms with Gasteiger partial charge in [0, 0.05) is 19.0 Å². The lowest BCUT2D eigenvalue weighted by Crippen LogP contribution is -2.44. The number of anilines is 1. The number of hydrogen-bond acceptors (Lipinski definition) is 4. The van der Waals surface area contributed by atoms with Crippen molar-refractivity contribution in [3.8, 4) is 0 Å². The molecule has 1 aromatic rings. The van der Waals surface area contributed by atoms with Crippen LogP contribution in [0.4, 0.5) is 5.69 Å². The maximum Gasteiger partial charge on any atom is 0.225 e. The number of hydrogen-bond donors (Lipinski definition) is 2. The zero-order chi connectivity index (χ0) is 17.7. The number of sulfonamides is 1. The number of nitrogens with one attached hydrogen (secondary N) is 2. The van der Waals surface area contributed by atoms with E-state index in [2.05, 4.69) is 14.9 Å². The van der Waals surface area contributed by atoms with Crippen LogP contribution in [-0.2, 0) is 14.8 Å². The van der Waals surface area contributed by atoms with Crippen LogP contribution in [0.15, 0.2) is 18.2 Å². The Kier molecular flexibility index (Phi) is 6.88. The molecule has 0 spiro atoms. The van der Waals surface area contributed by atoms with E-state index in [1.54, 1.807) is 18.2 Å². The van der Waals surface area contributed by atoms with Gasteiger partial charge in [-0.1, -0.05) is 29.3 Å². The molecule has 0 saturated carbocycles. The molecule has 0 unspecified atom stereocenters. The maximum atomic E-state index is 12.1. The summed E-state index contributed by atoms with van der Waals surface area (Å²) in [6, 6.07) is 5.03. The first-order valence-corrected chi connectivity index (χ1v) is 10.3. The van der Waals surface area contributed by atoms with Crippen LogP contribution in [0.3, 0.4) is 0 Å². The van der Waals surface area contributed by atoms with E-state index >= 15 is 0 Å². The Balaban J connectivity index is 1.75. The third-order valence-electron chi connectivity index (χ3n) is 3.85. The minimum Gasteiger partial charge on any atom is -0.324 e.